The van der Waals surface area contributed by atoms with E-state index in [-0.39, 0.29) is 23.8 Å². The van der Waals surface area contributed by atoms with Crippen molar-refractivity contribution in [3.8, 4) is 17.2 Å². The first-order chi connectivity index (χ1) is 13.1. The van der Waals surface area contributed by atoms with E-state index in [1.807, 2.05) is 13.8 Å². The zero-order valence-corrected chi connectivity index (χ0v) is 15.6. The van der Waals surface area contributed by atoms with E-state index in [1.165, 1.54) is 7.11 Å². The highest BCUT2D eigenvalue weighted by molar-refractivity contribution is 5.94. The van der Waals surface area contributed by atoms with E-state index in [4.69, 9.17) is 18.9 Å². The van der Waals surface area contributed by atoms with Gasteiger partial charge in [0.05, 0.1) is 20.3 Å². The summed E-state index contributed by atoms with van der Waals surface area (Å²) in [5.41, 5.74) is 0.809. The monoisotopic (exact) mass is 373 g/mol. The number of para-hydroxylation sites is 1. The van der Waals surface area contributed by atoms with Crippen LogP contribution < -0.4 is 19.5 Å². The molecule has 0 fully saturated rings. The lowest BCUT2D eigenvalue weighted by molar-refractivity contribution is -0.118. The standard InChI is InChI=1S/C20H23NO6/c1-4-25-17-11-10-14(12-18(17)26-5-2)21-19(22)13-27-16-9-7-6-8-15(16)20(23)24-3/h6-12H,4-5,13H2,1-3H3,(H,21,22). The molecule has 2 aromatic rings. The number of nitrogens with one attached hydrogen (secondary N) is 1. The van der Waals surface area contributed by atoms with E-state index in [9.17, 15) is 9.59 Å². The lowest BCUT2D eigenvalue weighted by atomic mass is 10.2. The van der Waals surface area contributed by atoms with Crippen molar-refractivity contribution in [2.75, 3.05) is 32.2 Å². The minimum Gasteiger partial charge on any atom is -0.490 e. The molecule has 0 bridgehead atoms. The van der Waals surface area contributed by atoms with Gasteiger partial charge < -0.3 is 24.3 Å². The Morgan fingerprint density at radius 2 is 1.59 bits per heavy atom. The molecule has 0 spiro atoms. The van der Waals surface area contributed by atoms with Gasteiger partial charge in [-0.3, -0.25) is 4.79 Å². The lowest BCUT2D eigenvalue weighted by Gasteiger charge is -2.13. The van der Waals surface area contributed by atoms with Crippen molar-refractivity contribution in [2.45, 2.75) is 13.8 Å². The Hall–Kier alpha value is -3.22. The number of amides is 1. The Labute approximate surface area is 158 Å². The van der Waals surface area contributed by atoms with Crippen molar-refractivity contribution in [1.29, 1.82) is 0 Å². The maximum Gasteiger partial charge on any atom is 0.341 e. The number of carbonyl (C=O) groups excluding carboxylic acids is 2. The Bertz CT molecular complexity index is 790. The Kier molecular flexibility index (Phi) is 7.49. The number of rotatable bonds is 9. The van der Waals surface area contributed by atoms with Gasteiger partial charge in [-0.05, 0) is 38.1 Å². The summed E-state index contributed by atoms with van der Waals surface area (Å²) < 4.78 is 21.2. The fourth-order valence-electron chi connectivity index (χ4n) is 2.34. The van der Waals surface area contributed by atoms with Crippen molar-refractivity contribution in [1.82, 2.24) is 0 Å². The van der Waals surface area contributed by atoms with Crippen molar-refractivity contribution in [3.05, 3.63) is 48.0 Å². The van der Waals surface area contributed by atoms with Crippen molar-refractivity contribution in [2.24, 2.45) is 0 Å². The minimum atomic E-state index is -0.529. The molecule has 0 saturated carbocycles. The zero-order valence-electron chi connectivity index (χ0n) is 15.6. The first kappa shape index (κ1) is 20.1. The molecule has 0 aliphatic heterocycles. The van der Waals surface area contributed by atoms with Gasteiger partial charge in [0, 0.05) is 11.8 Å². The van der Waals surface area contributed by atoms with E-state index in [1.54, 1.807) is 42.5 Å². The average molecular weight is 373 g/mol. The summed E-state index contributed by atoms with van der Waals surface area (Å²) in [7, 11) is 1.29. The Morgan fingerprint density at radius 1 is 0.889 bits per heavy atom. The second kappa shape index (κ2) is 10.1. The van der Waals surface area contributed by atoms with Crippen molar-refractivity contribution in [3.63, 3.8) is 0 Å². The lowest BCUT2D eigenvalue weighted by Crippen LogP contribution is -2.21. The van der Waals surface area contributed by atoms with Crippen LogP contribution in [0.5, 0.6) is 17.2 Å². The van der Waals surface area contributed by atoms with Crippen LogP contribution in [0.3, 0.4) is 0 Å². The molecule has 1 N–H and O–H groups in total. The molecule has 0 radical (unpaired) electrons. The zero-order chi connectivity index (χ0) is 19.6. The van der Waals surface area contributed by atoms with E-state index < -0.39 is 5.97 Å². The molecule has 7 heteroatoms. The SMILES string of the molecule is CCOc1ccc(NC(=O)COc2ccccc2C(=O)OC)cc1OCC. The molecule has 0 aliphatic carbocycles. The highest BCUT2D eigenvalue weighted by Crippen LogP contribution is 2.30. The van der Waals surface area contributed by atoms with Crippen LogP contribution in [0, 0.1) is 0 Å². The molecule has 144 valence electrons. The Balaban J connectivity index is 2.02. The number of hydrogen-bond donors (Lipinski definition) is 1. The largest absolute Gasteiger partial charge is 0.490 e. The molecule has 27 heavy (non-hydrogen) atoms. The van der Waals surface area contributed by atoms with Crippen molar-refractivity contribution < 1.29 is 28.5 Å². The van der Waals surface area contributed by atoms with Crippen LogP contribution in [0.25, 0.3) is 0 Å². The van der Waals surface area contributed by atoms with E-state index >= 15 is 0 Å². The van der Waals surface area contributed by atoms with Crippen LogP contribution >= 0.6 is 0 Å². The van der Waals surface area contributed by atoms with E-state index in [2.05, 4.69) is 5.32 Å². The normalized spacial score (nSPS) is 10.0. The number of ether oxygens (including phenoxy) is 4. The number of anilines is 1. The maximum absolute atomic E-state index is 12.2. The molecule has 1 amide bonds. The van der Waals surface area contributed by atoms with Crippen LogP contribution in [0.1, 0.15) is 24.2 Å². The molecule has 2 aromatic carbocycles. The first-order valence-electron chi connectivity index (χ1n) is 8.58. The summed E-state index contributed by atoms with van der Waals surface area (Å²) in [6.45, 7) is 4.48. The molecular weight excluding hydrogens is 350 g/mol. The van der Waals surface area contributed by atoms with Gasteiger partial charge in [-0.2, -0.15) is 0 Å². The second-order valence-electron chi connectivity index (χ2n) is 5.35. The summed E-state index contributed by atoms with van der Waals surface area (Å²) in [5, 5.41) is 2.73. The number of carbonyl (C=O) groups is 2. The first-order valence-corrected chi connectivity index (χ1v) is 8.58. The number of hydrogen-bond acceptors (Lipinski definition) is 6. The molecule has 0 saturated heterocycles. The predicted octanol–water partition coefficient (Wildman–Crippen LogP) is 3.29. The fourth-order valence-corrected chi connectivity index (χ4v) is 2.34. The highest BCUT2D eigenvalue weighted by Gasteiger charge is 2.14. The van der Waals surface area contributed by atoms with Crippen LogP contribution in [0.4, 0.5) is 5.69 Å². The van der Waals surface area contributed by atoms with Gasteiger partial charge in [0.1, 0.15) is 11.3 Å². The molecular formula is C20H23NO6. The average Bonchev–Trinajstić information content (AvgIpc) is 2.68. The van der Waals surface area contributed by atoms with E-state index in [0.717, 1.165) is 0 Å². The number of methoxy groups -OCH3 is 1. The minimum absolute atomic E-state index is 0.257. The Morgan fingerprint density at radius 3 is 2.30 bits per heavy atom. The third-order valence-electron chi connectivity index (χ3n) is 3.48. The summed E-state index contributed by atoms with van der Waals surface area (Å²) >= 11 is 0. The summed E-state index contributed by atoms with van der Waals surface area (Å²) in [5.74, 6) is 0.538. The predicted molar refractivity (Wildman–Crippen MR) is 101 cm³/mol. The number of benzene rings is 2. The van der Waals surface area contributed by atoms with Crippen LogP contribution in [-0.2, 0) is 9.53 Å². The topological polar surface area (TPSA) is 83.1 Å². The van der Waals surface area contributed by atoms with Crippen molar-refractivity contribution >= 4 is 17.6 Å². The summed E-state index contributed by atoms with van der Waals surface area (Å²) in [4.78, 5) is 23.9. The quantitative estimate of drug-likeness (QED) is 0.679. The summed E-state index contributed by atoms with van der Waals surface area (Å²) in [6, 6.07) is 11.7. The molecule has 0 heterocycles. The number of esters is 1. The van der Waals surface area contributed by atoms with E-state index in [0.29, 0.717) is 30.4 Å². The van der Waals surface area contributed by atoms with Crippen LogP contribution in [0.2, 0.25) is 0 Å². The molecule has 0 atom stereocenters. The fraction of sp³-hybridized carbons (Fsp3) is 0.300. The summed E-state index contributed by atoms with van der Waals surface area (Å²) in [6.07, 6.45) is 0. The molecule has 7 nitrogen and oxygen atoms in total. The maximum atomic E-state index is 12.2. The molecule has 0 unspecified atom stereocenters. The molecule has 0 aromatic heterocycles. The van der Waals surface area contributed by atoms with Crippen LogP contribution in [-0.4, -0.2) is 38.8 Å². The third kappa shape index (κ3) is 5.64. The highest BCUT2D eigenvalue weighted by atomic mass is 16.5. The molecule has 0 aliphatic rings. The van der Waals surface area contributed by atoms with Gasteiger partial charge in [0.15, 0.2) is 18.1 Å². The van der Waals surface area contributed by atoms with Gasteiger partial charge in [0.25, 0.3) is 5.91 Å². The van der Waals surface area contributed by atoms with Gasteiger partial charge >= 0.3 is 5.97 Å². The van der Waals surface area contributed by atoms with Gasteiger partial charge in [-0.1, -0.05) is 12.1 Å². The third-order valence-corrected chi connectivity index (χ3v) is 3.48. The smallest absolute Gasteiger partial charge is 0.341 e. The van der Waals surface area contributed by atoms with Gasteiger partial charge in [-0.15, -0.1) is 0 Å². The van der Waals surface area contributed by atoms with Crippen LogP contribution in [0.15, 0.2) is 42.5 Å². The second-order valence-corrected chi connectivity index (χ2v) is 5.35. The van der Waals surface area contributed by atoms with Gasteiger partial charge in [-0.25, -0.2) is 4.79 Å². The van der Waals surface area contributed by atoms with Gasteiger partial charge in [0.2, 0.25) is 0 Å². The molecule has 2 rings (SSSR count).